The first-order valence-corrected chi connectivity index (χ1v) is 14.0. The molecule has 3 aromatic carbocycles. The number of nitrogens with one attached hydrogen (secondary N) is 2. The molecule has 0 spiro atoms. The number of aliphatic carboxylic acids is 1. The molecular weight excluding hydrogens is 566 g/mol. The monoisotopic (exact) mass is 595 g/mol. The fourth-order valence-corrected chi connectivity index (χ4v) is 6.07. The van der Waals surface area contributed by atoms with Crippen molar-refractivity contribution in [3.63, 3.8) is 0 Å². The minimum absolute atomic E-state index is 0.0236. The molecule has 6 rings (SSSR count). The number of carboxylic acid groups (broad SMARTS) is 1. The minimum atomic E-state index is -1.41. The number of carbonyl (C=O) groups is 5. The molecule has 0 bridgehead atoms. The molecule has 12 nitrogen and oxygen atoms in total. The highest BCUT2D eigenvalue weighted by molar-refractivity contribution is 6.24. The third kappa shape index (κ3) is 4.79. The molecule has 2 aliphatic rings. The number of H-pyrrole nitrogens is 1. The van der Waals surface area contributed by atoms with Gasteiger partial charge in [-0.2, -0.15) is 0 Å². The van der Waals surface area contributed by atoms with Crippen LogP contribution in [0.15, 0.2) is 72.8 Å². The second-order valence-electron chi connectivity index (χ2n) is 10.7. The number of urea groups is 1. The van der Waals surface area contributed by atoms with Gasteiger partial charge in [0.05, 0.1) is 18.4 Å². The third-order valence-corrected chi connectivity index (χ3v) is 8.15. The number of aromatic nitrogens is 1. The van der Waals surface area contributed by atoms with Gasteiger partial charge in [0.2, 0.25) is 5.91 Å². The van der Waals surface area contributed by atoms with Crippen molar-refractivity contribution in [2.75, 3.05) is 12.0 Å². The summed E-state index contributed by atoms with van der Waals surface area (Å²) >= 11 is 0. The largest absolute Gasteiger partial charge is 0.497 e. The normalized spacial score (nSPS) is 18.1. The molecule has 12 heteroatoms. The summed E-state index contributed by atoms with van der Waals surface area (Å²) in [7, 11) is 1.56. The number of aromatic amines is 1. The van der Waals surface area contributed by atoms with Crippen LogP contribution in [0, 0.1) is 0 Å². The molecule has 0 saturated carbocycles. The number of amides is 5. The summed E-state index contributed by atoms with van der Waals surface area (Å²) in [5.74, 6) is -2.74. The summed E-state index contributed by atoms with van der Waals surface area (Å²) < 4.78 is 5.33. The number of nitrogens with zero attached hydrogens (tertiary/aromatic N) is 2. The molecule has 4 aromatic rings. The zero-order valence-corrected chi connectivity index (χ0v) is 23.7. The molecule has 1 aromatic heterocycles. The van der Waals surface area contributed by atoms with Crippen molar-refractivity contribution in [1.29, 1.82) is 0 Å². The first kappa shape index (κ1) is 28.5. The van der Waals surface area contributed by atoms with Gasteiger partial charge in [-0.15, -0.1) is 0 Å². The highest BCUT2D eigenvalue weighted by atomic mass is 16.5. The van der Waals surface area contributed by atoms with E-state index in [4.69, 9.17) is 10.5 Å². The first-order chi connectivity index (χ1) is 21.2. The lowest BCUT2D eigenvalue weighted by Gasteiger charge is -2.36. The Morgan fingerprint density at radius 1 is 1.05 bits per heavy atom. The molecule has 1 unspecified atom stereocenters. The van der Waals surface area contributed by atoms with Gasteiger partial charge in [-0.1, -0.05) is 42.5 Å². The van der Waals surface area contributed by atoms with E-state index >= 15 is 0 Å². The maximum absolute atomic E-state index is 14.3. The summed E-state index contributed by atoms with van der Waals surface area (Å²) in [6.45, 7) is 0. The van der Waals surface area contributed by atoms with Crippen molar-refractivity contribution in [3.8, 4) is 5.75 Å². The average molecular weight is 596 g/mol. The Morgan fingerprint density at radius 3 is 2.45 bits per heavy atom. The number of fused-ring (bicyclic) bond motifs is 4. The Hall–Kier alpha value is -5.65. The van der Waals surface area contributed by atoms with E-state index < -0.39 is 47.8 Å². The quantitative estimate of drug-likeness (QED) is 0.215. The lowest BCUT2D eigenvalue weighted by molar-refractivity contribution is -0.139. The number of hydrogen-bond donors (Lipinski definition) is 4. The number of benzene rings is 3. The van der Waals surface area contributed by atoms with Crippen molar-refractivity contribution in [1.82, 2.24) is 15.2 Å². The molecule has 0 radical (unpaired) electrons. The summed E-state index contributed by atoms with van der Waals surface area (Å²) in [6.07, 6.45) is -0.207. The number of anilines is 1. The molecule has 3 atom stereocenters. The summed E-state index contributed by atoms with van der Waals surface area (Å²) in [5, 5.41) is 12.9. The van der Waals surface area contributed by atoms with Crippen LogP contribution in [0.2, 0.25) is 0 Å². The lowest BCUT2D eigenvalue weighted by atomic mass is 9.89. The number of primary amides is 1. The first-order valence-electron chi connectivity index (χ1n) is 14.0. The van der Waals surface area contributed by atoms with Gasteiger partial charge in [0, 0.05) is 29.4 Å². The highest BCUT2D eigenvalue weighted by Gasteiger charge is 2.53. The number of nitrogens with two attached hydrogens (primary N) is 1. The topological polar surface area (TPSA) is 175 Å². The second-order valence-corrected chi connectivity index (χ2v) is 10.7. The standard InChI is InChI=1S/C32H29N5O7/c1-44-18-12-10-17(11-13-18)28-27-21(19-6-2-4-8-22(19)34-27)16-25-30(40)37(32(43)36(25)28)24-9-5-3-7-20(24)29(39)35-23(31(41)42)14-15-26(33)38/h2-13,23,25,28,34H,14-16H2,1H3,(H2,33,38)(H,35,39)(H,41,42)/t23-,25-,28?/m0/s1. The zero-order chi connectivity index (χ0) is 31.1. The van der Waals surface area contributed by atoms with E-state index in [9.17, 15) is 29.1 Å². The molecule has 5 N–H and O–H groups in total. The number of ether oxygens (including phenoxy) is 1. The lowest BCUT2D eigenvalue weighted by Crippen LogP contribution is -2.44. The van der Waals surface area contributed by atoms with Gasteiger partial charge < -0.3 is 25.9 Å². The Morgan fingerprint density at radius 2 is 1.75 bits per heavy atom. The van der Waals surface area contributed by atoms with Crippen molar-refractivity contribution >= 4 is 46.3 Å². The molecule has 1 saturated heterocycles. The number of rotatable bonds is 9. The number of imide groups is 1. The maximum atomic E-state index is 14.3. The molecule has 2 aliphatic heterocycles. The zero-order valence-electron chi connectivity index (χ0n) is 23.7. The Balaban J connectivity index is 1.40. The summed E-state index contributed by atoms with van der Waals surface area (Å²) in [5.41, 5.74) is 8.49. The van der Waals surface area contributed by atoms with Gasteiger partial charge in [-0.3, -0.25) is 19.3 Å². The molecule has 1 fully saturated rings. The van der Waals surface area contributed by atoms with E-state index in [0.717, 1.165) is 32.6 Å². The summed E-state index contributed by atoms with van der Waals surface area (Å²) in [4.78, 5) is 70.8. The number of hydrogen-bond acceptors (Lipinski definition) is 6. The van der Waals surface area contributed by atoms with Crippen LogP contribution in [-0.2, 0) is 20.8 Å². The van der Waals surface area contributed by atoms with Crippen LogP contribution in [0.4, 0.5) is 10.5 Å². The van der Waals surface area contributed by atoms with Crippen LogP contribution in [0.3, 0.4) is 0 Å². The van der Waals surface area contributed by atoms with Gasteiger partial charge in [0.15, 0.2) is 0 Å². The molecular formula is C32H29N5O7. The van der Waals surface area contributed by atoms with Crippen molar-refractivity contribution in [3.05, 3.63) is 95.2 Å². The van der Waals surface area contributed by atoms with Gasteiger partial charge in [-0.25, -0.2) is 14.5 Å². The molecule has 44 heavy (non-hydrogen) atoms. The fraction of sp³-hybridized carbons (Fsp3) is 0.219. The van der Waals surface area contributed by atoms with Crippen LogP contribution >= 0.6 is 0 Å². The number of methoxy groups -OCH3 is 1. The fourth-order valence-electron chi connectivity index (χ4n) is 6.07. The van der Waals surface area contributed by atoms with Crippen molar-refractivity contribution in [2.45, 2.75) is 37.4 Å². The van der Waals surface area contributed by atoms with Crippen LogP contribution in [0.25, 0.3) is 10.9 Å². The molecule has 3 heterocycles. The Kier molecular flexibility index (Phi) is 7.25. The van der Waals surface area contributed by atoms with E-state index in [-0.39, 0.29) is 30.5 Å². The van der Waals surface area contributed by atoms with E-state index in [1.807, 2.05) is 36.4 Å². The second kappa shape index (κ2) is 11.2. The van der Waals surface area contributed by atoms with Gasteiger partial charge >= 0.3 is 12.0 Å². The predicted octanol–water partition coefficient (Wildman–Crippen LogP) is 3.11. The highest BCUT2D eigenvalue weighted by Crippen LogP contribution is 2.45. The SMILES string of the molecule is COc1ccc(C2c3[nH]c4ccccc4c3C[C@H]3C(=O)N(c4ccccc4C(=O)N[C@@H](CCC(N)=O)C(=O)O)C(=O)N23)cc1. The number of carboxylic acids is 1. The van der Waals surface area contributed by atoms with Crippen LogP contribution in [-0.4, -0.2) is 63.9 Å². The molecule has 5 amide bonds. The Bertz CT molecular complexity index is 1820. The average Bonchev–Trinajstić information content (AvgIpc) is 3.51. The van der Waals surface area contributed by atoms with Gasteiger partial charge in [0.1, 0.15) is 23.9 Å². The van der Waals surface area contributed by atoms with E-state index in [2.05, 4.69) is 10.3 Å². The number of carbonyl (C=O) groups excluding carboxylic acids is 4. The number of para-hydroxylation sites is 2. The van der Waals surface area contributed by atoms with Gasteiger partial charge in [-0.05, 0) is 47.9 Å². The van der Waals surface area contributed by atoms with E-state index in [1.54, 1.807) is 31.4 Å². The maximum Gasteiger partial charge on any atom is 0.332 e. The smallest absolute Gasteiger partial charge is 0.332 e. The summed E-state index contributed by atoms with van der Waals surface area (Å²) in [6, 6.07) is 17.5. The van der Waals surface area contributed by atoms with Crippen molar-refractivity contribution in [2.24, 2.45) is 5.73 Å². The minimum Gasteiger partial charge on any atom is -0.497 e. The van der Waals surface area contributed by atoms with Crippen LogP contribution in [0.1, 0.15) is 46.1 Å². The predicted molar refractivity (Wildman–Crippen MR) is 159 cm³/mol. The van der Waals surface area contributed by atoms with Crippen LogP contribution < -0.4 is 20.7 Å². The van der Waals surface area contributed by atoms with Crippen molar-refractivity contribution < 1.29 is 33.8 Å². The van der Waals surface area contributed by atoms with E-state index in [0.29, 0.717) is 5.75 Å². The van der Waals surface area contributed by atoms with E-state index in [1.165, 1.54) is 17.0 Å². The van der Waals surface area contributed by atoms with Gasteiger partial charge in [0.25, 0.3) is 11.8 Å². The third-order valence-electron chi connectivity index (χ3n) is 8.15. The molecule has 0 aliphatic carbocycles. The molecule has 224 valence electrons. The van der Waals surface area contributed by atoms with Crippen LogP contribution in [0.5, 0.6) is 5.75 Å². The Labute approximate surface area is 251 Å².